The highest BCUT2D eigenvalue weighted by atomic mass is 16.1. The van der Waals surface area contributed by atoms with E-state index in [1.165, 1.54) is 5.56 Å². The maximum atomic E-state index is 11.4. The van der Waals surface area contributed by atoms with E-state index < -0.39 is 0 Å². The Kier molecular flexibility index (Phi) is 6.50. The lowest BCUT2D eigenvalue weighted by Crippen LogP contribution is -2.23. The van der Waals surface area contributed by atoms with Crippen molar-refractivity contribution in [2.75, 3.05) is 13.1 Å². The number of nitrogens with one attached hydrogen (secondary N) is 2. The van der Waals surface area contributed by atoms with Crippen LogP contribution in [0.2, 0.25) is 0 Å². The molecule has 0 radical (unpaired) electrons. The molecule has 0 fully saturated rings. The van der Waals surface area contributed by atoms with Crippen LogP contribution in [0.1, 0.15) is 45.2 Å². The van der Waals surface area contributed by atoms with Gasteiger partial charge in [0.15, 0.2) is 0 Å². The van der Waals surface area contributed by atoms with Gasteiger partial charge in [-0.3, -0.25) is 4.79 Å². The number of carbonyl (C=O) groups is 1. The molecule has 0 spiro atoms. The Balaban J connectivity index is 2.40. The first-order valence-electron chi connectivity index (χ1n) is 6.83. The van der Waals surface area contributed by atoms with Crippen molar-refractivity contribution in [3.8, 4) is 0 Å². The van der Waals surface area contributed by atoms with Crippen LogP contribution >= 0.6 is 0 Å². The van der Waals surface area contributed by atoms with Gasteiger partial charge in [-0.2, -0.15) is 0 Å². The summed E-state index contributed by atoms with van der Waals surface area (Å²) in [6.45, 7) is 8.74. The van der Waals surface area contributed by atoms with Crippen LogP contribution in [0, 0.1) is 0 Å². The third-order valence-electron chi connectivity index (χ3n) is 2.94. The molecule has 1 aromatic heterocycles. The highest BCUT2D eigenvalue weighted by Gasteiger charge is 2.06. The van der Waals surface area contributed by atoms with Gasteiger partial charge in [-0.1, -0.05) is 6.92 Å². The molecule has 4 heteroatoms. The van der Waals surface area contributed by atoms with Gasteiger partial charge in [0, 0.05) is 37.9 Å². The van der Waals surface area contributed by atoms with Crippen molar-refractivity contribution in [1.82, 2.24) is 15.2 Å². The van der Waals surface area contributed by atoms with Gasteiger partial charge in [0.2, 0.25) is 5.91 Å². The first-order chi connectivity index (χ1) is 8.67. The van der Waals surface area contributed by atoms with Gasteiger partial charge in [0.05, 0.1) is 0 Å². The smallest absolute Gasteiger partial charge is 0.221 e. The summed E-state index contributed by atoms with van der Waals surface area (Å²) >= 11 is 0. The number of carbonyl (C=O) groups excluding carboxylic acids is 1. The number of nitrogens with zero attached hydrogens (tertiary/aromatic N) is 1. The Morgan fingerprint density at radius 2 is 2.22 bits per heavy atom. The van der Waals surface area contributed by atoms with E-state index in [-0.39, 0.29) is 5.91 Å². The Labute approximate surface area is 110 Å². The number of hydrogen-bond acceptors (Lipinski definition) is 2. The molecule has 0 aliphatic rings. The molecule has 2 N–H and O–H groups in total. The Morgan fingerprint density at radius 1 is 1.44 bits per heavy atom. The fourth-order valence-corrected chi connectivity index (χ4v) is 1.85. The molecular formula is C14H25N3O. The highest BCUT2D eigenvalue weighted by Crippen LogP contribution is 2.12. The molecule has 1 rings (SSSR count). The van der Waals surface area contributed by atoms with Crippen molar-refractivity contribution in [2.45, 2.75) is 46.2 Å². The summed E-state index contributed by atoms with van der Waals surface area (Å²) in [7, 11) is 0. The number of aromatic nitrogens is 1. The second-order valence-electron chi connectivity index (χ2n) is 4.56. The van der Waals surface area contributed by atoms with Crippen molar-refractivity contribution >= 4 is 5.91 Å². The summed E-state index contributed by atoms with van der Waals surface area (Å²) in [5.41, 5.74) is 1.28. The third kappa shape index (κ3) is 4.92. The van der Waals surface area contributed by atoms with Crippen LogP contribution in [0.5, 0.6) is 0 Å². The Hall–Kier alpha value is -1.29. The molecule has 0 aliphatic carbocycles. The third-order valence-corrected chi connectivity index (χ3v) is 2.94. The molecule has 0 aromatic carbocycles. The van der Waals surface area contributed by atoms with Gasteiger partial charge in [0.25, 0.3) is 0 Å². The molecule has 0 saturated heterocycles. The Bertz CT molecular complexity index is 360. The first-order valence-corrected chi connectivity index (χ1v) is 6.83. The molecule has 0 aliphatic heterocycles. The fourth-order valence-electron chi connectivity index (χ4n) is 1.85. The minimum atomic E-state index is 0.116. The predicted molar refractivity (Wildman–Crippen MR) is 74.4 cm³/mol. The monoisotopic (exact) mass is 251 g/mol. The summed E-state index contributed by atoms with van der Waals surface area (Å²) in [4.78, 5) is 11.4. The van der Waals surface area contributed by atoms with E-state index >= 15 is 0 Å². The average molecular weight is 251 g/mol. The van der Waals surface area contributed by atoms with E-state index in [2.05, 4.69) is 41.3 Å². The zero-order valence-electron chi connectivity index (χ0n) is 11.7. The largest absolute Gasteiger partial charge is 0.356 e. The standard InChI is InChI=1S/C14H25N3O/c1-4-8-16-12(3)13-6-9-17(11-13)10-7-14(18)15-5-2/h6,9,11-12,16H,4-5,7-8,10H2,1-3H3,(H,15,18). The van der Waals surface area contributed by atoms with Crippen molar-refractivity contribution < 1.29 is 4.79 Å². The van der Waals surface area contributed by atoms with Gasteiger partial charge in [-0.15, -0.1) is 0 Å². The summed E-state index contributed by atoms with van der Waals surface area (Å²) in [6, 6.07) is 2.49. The molecule has 1 unspecified atom stereocenters. The van der Waals surface area contributed by atoms with E-state index in [0.717, 1.165) is 19.5 Å². The van der Waals surface area contributed by atoms with Crippen LogP contribution in [-0.4, -0.2) is 23.6 Å². The molecule has 4 nitrogen and oxygen atoms in total. The molecule has 1 aromatic rings. The maximum Gasteiger partial charge on any atom is 0.221 e. The zero-order chi connectivity index (χ0) is 13.4. The number of hydrogen-bond donors (Lipinski definition) is 2. The molecular weight excluding hydrogens is 226 g/mol. The van der Waals surface area contributed by atoms with E-state index in [1.54, 1.807) is 0 Å². The van der Waals surface area contributed by atoms with E-state index in [0.29, 0.717) is 19.0 Å². The van der Waals surface area contributed by atoms with E-state index in [4.69, 9.17) is 0 Å². The molecule has 102 valence electrons. The quantitative estimate of drug-likeness (QED) is 0.743. The second-order valence-corrected chi connectivity index (χ2v) is 4.56. The van der Waals surface area contributed by atoms with Crippen LogP contribution in [-0.2, 0) is 11.3 Å². The van der Waals surface area contributed by atoms with Crippen LogP contribution in [0.15, 0.2) is 18.5 Å². The number of aryl methyl sites for hydroxylation is 1. The highest BCUT2D eigenvalue weighted by molar-refractivity contribution is 5.75. The van der Waals surface area contributed by atoms with E-state index in [9.17, 15) is 4.79 Å². The first kappa shape index (κ1) is 14.8. The van der Waals surface area contributed by atoms with Crippen molar-refractivity contribution in [3.05, 3.63) is 24.0 Å². The average Bonchev–Trinajstić information content (AvgIpc) is 2.82. The lowest BCUT2D eigenvalue weighted by atomic mass is 10.2. The van der Waals surface area contributed by atoms with Gasteiger partial charge >= 0.3 is 0 Å². The Morgan fingerprint density at radius 3 is 2.89 bits per heavy atom. The summed E-state index contributed by atoms with van der Waals surface area (Å²) < 4.78 is 2.08. The maximum absolute atomic E-state index is 11.4. The fraction of sp³-hybridized carbons (Fsp3) is 0.643. The molecule has 1 amide bonds. The lowest BCUT2D eigenvalue weighted by molar-refractivity contribution is -0.121. The van der Waals surface area contributed by atoms with Crippen molar-refractivity contribution in [1.29, 1.82) is 0 Å². The number of amides is 1. The summed E-state index contributed by atoms with van der Waals surface area (Å²) in [6.07, 6.45) is 5.84. The lowest BCUT2D eigenvalue weighted by Gasteiger charge is -2.11. The summed E-state index contributed by atoms with van der Waals surface area (Å²) in [5, 5.41) is 6.26. The van der Waals surface area contributed by atoms with Gasteiger partial charge in [-0.25, -0.2) is 0 Å². The van der Waals surface area contributed by atoms with Crippen LogP contribution in [0.3, 0.4) is 0 Å². The molecule has 1 atom stereocenters. The van der Waals surface area contributed by atoms with Crippen LogP contribution in [0.25, 0.3) is 0 Å². The summed E-state index contributed by atoms with van der Waals surface area (Å²) in [5.74, 6) is 0.116. The van der Waals surface area contributed by atoms with Crippen molar-refractivity contribution in [2.24, 2.45) is 0 Å². The predicted octanol–water partition coefficient (Wildman–Crippen LogP) is 2.07. The molecule has 0 saturated carbocycles. The van der Waals surface area contributed by atoms with Gasteiger partial charge in [0.1, 0.15) is 0 Å². The van der Waals surface area contributed by atoms with Gasteiger partial charge < -0.3 is 15.2 Å². The van der Waals surface area contributed by atoms with E-state index in [1.807, 2.05) is 13.1 Å². The zero-order valence-corrected chi connectivity index (χ0v) is 11.7. The minimum absolute atomic E-state index is 0.116. The molecule has 0 bridgehead atoms. The normalized spacial score (nSPS) is 12.4. The minimum Gasteiger partial charge on any atom is -0.356 e. The molecule has 18 heavy (non-hydrogen) atoms. The van der Waals surface area contributed by atoms with Crippen LogP contribution < -0.4 is 10.6 Å². The van der Waals surface area contributed by atoms with Crippen molar-refractivity contribution in [3.63, 3.8) is 0 Å². The van der Waals surface area contributed by atoms with Crippen LogP contribution in [0.4, 0.5) is 0 Å². The number of rotatable bonds is 8. The second kappa shape index (κ2) is 7.93. The SMILES string of the molecule is CCCNC(C)c1ccn(CCC(=O)NCC)c1. The molecule has 1 heterocycles. The van der Waals surface area contributed by atoms with Gasteiger partial charge in [-0.05, 0) is 38.4 Å². The topological polar surface area (TPSA) is 46.1 Å².